The van der Waals surface area contributed by atoms with Gasteiger partial charge in [-0.3, -0.25) is 0 Å². The Bertz CT molecular complexity index is 650. The molecule has 84 valence electrons. The second-order valence-electron chi connectivity index (χ2n) is 3.59. The number of hydrogen-bond acceptors (Lipinski definition) is 4. The fourth-order valence-corrected chi connectivity index (χ4v) is 1.79. The maximum atomic E-state index is 5.80. The van der Waals surface area contributed by atoms with Crippen LogP contribution in [0.1, 0.15) is 0 Å². The first-order valence-corrected chi connectivity index (χ1v) is 5.39. The molecule has 1 aliphatic carbocycles. The predicted molar refractivity (Wildman–Crippen MR) is 65.8 cm³/mol. The number of aromatic nitrogens is 2. The van der Waals surface area contributed by atoms with Crippen molar-refractivity contribution in [2.24, 2.45) is 0 Å². The van der Waals surface area contributed by atoms with Gasteiger partial charge in [-0.2, -0.15) is 0 Å². The molecule has 5 heteroatoms. The summed E-state index contributed by atoms with van der Waals surface area (Å²) in [5.41, 5.74) is 7.77. The maximum Gasteiger partial charge on any atom is 0.223 e. The first-order chi connectivity index (χ1) is 8.24. The number of anilines is 1. The molecule has 0 radical (unpaired) electrons. The number of nitrogen functional groups attached to an aromatic ring is 1. The van der Waals surface area contributed by atoms with Crippen LogP contribution < -0.4 is 5.73 Å². The standard InChI is InChI=1S/C12H8ClN3O/c13-12-15-6-8(14)11(16-12)10-5-4-7-2-1-3-9(7)17-10/h1-6H,14H2. The first-order valence-electron chi connectivity index (χ1n) is 5.01. The molecule has 1 aromatic rings. The van der Waals surface area contributed by atoms with Gasteiger partial charge < -0.3 is 10.2 Å². The van der Waals surface area contributed by atoms with Crippen LogP contribution in [0, 0.1) is 0 Å². The van der Waals surface area contributed by atoms with Crippen molar-refractivity contribution in [1.29, 1.82) is 0 Å². The number of nitrogens with zero attached hydrogens (tertiary/aromatic N) is 2. The smallest absolute Gasteiger partial charge is 0.223 e. The van der Waals surface area contributed by atoms with Gasteiger partial charge in [-0.05, 0) is 29.8 Å². The molecule has 0 aromatic carbocycles. The lowest BCUT2D eigenvalue weighted by molar-refractivity contribution is 0.580. The average molecular weight is 246 g/mol. The van der Waals surface area contributed by atoms with Crippen molar-refractivity contribution in [1.82, 2.24) is 9.97 Å². The quantitative estimate of drug-likeness (QED) is 0.669. The molecule has 0 saturated heterocycles. The Hall–Kier alpha value is -2.07. The van der Waals surface area contributed by atoms with Crippen molar-refractivity contribution in [2.75, 3.05) is 5.73 Å². The lowest BCUT2D eigenvalue weighted by Crippen LogP contribution is -1.96. The predicted octanol–water partition coefficient (Wildman–Crippen LogP) is 3.08. The second-order valence-corrected chi connectivity index (χ2v) is 3.93. The summed E-state index contributed by atoms with van der Waals surface area (Å²) in [4.78, 5) is 7.87. The van der Waals surface area contributed by atoms with E-state index in [0.29, 0.717) is 17.1 Å². The van der Waals surface area contributed by atoms with Crippen LogP contribution in [0.2, 0.25) is 5.28 Å². The van der Waals surface area contributed by atoms with Crippen molar-refractivity contribution in [3.05, 3.63) is 41.8 Å². The average Bonchev–Trinajstić information content (AvgIpc) is 2.79. The van der Waals surface area contributed by atoms with Crippen molar-refractivity contribution in [3.8, 4) is 22.8 Å². The Morgan fingerprint density at radius 3 is 2.88 bits per heavy atom. The highest BCUT2D eigenvalue weighted by atomic mass is 35.5. The summed E-state index contributed by atoms with van der Waals surface area (Å²) in [5.74, 6) is 1.36. The zero-order valence-corrected chi connectivity index (χ0v) is 9.48. The molecule has 2 aliphatic rings. The first kappa shape index (κ1) is 10.1. The van der Waals surface area contributed by atoms with Crippen molar-refractivity contribution < 1.29 is 4.42 Å². The van der Waals surface area contributed by atoms with Gasteiger partial charge in [0.2, 0.25) is 5.28 Å². The third-order valence-corrected chi connectivity index (χ3v) is 2.65. The van der Waals surface area contributed by atoms with Crippen LogP contribution >= 0.6 is 11.6 Å². The van der Waals surface area contributed by atoms with E-state index in [0.717, 1.165) is 11.3 Å². The number of halogens is 1. The van der Waals surface area contributed by atoms with Crippen molar-refractivity contribution in [3.63, 3.8) is 0 Å². The molecule has 4 nitrogen and oxygen atoms in total. The summed E-state index contributed by atoms with van der Waals surface area (Å²) < 4.78 is 5.69. The highest BCUT2D eigenvalue weighted by Crippen LogP contribution is 2.31. The molecular weight excluding hydrogens is 238 g/mol. The summed E-state index contributed by atoms with van der Waals surface area (Å²) in [6.45, 7) is 0. The molecule has 0 atom stereocenters. The van der Waals surface area contributed by atoms with Gasteiger partial charge in [0, 0.05) is 5.56 Å². The minimum Gasteiger partial charge on any atom is -0.454 e. The van der Waals surface area contributed by atoms with E-state index < -0.39 is 0 Å². The summed E-state index contributed by atoms with van der Waals surface area (Å²) in [7, 11) is 0. The number of fused-ring (bicyclic) bond motifs is 1. The van der Waals surface area contributed by atoms with E-state index in [-0.39, 0.29) is 5.28 Å². The minimum absolute atomic E-state index is 0.145. The van der Waals surface area contributed by atoms with Gasteiger partial charge in [-0.15, -0.1) is 0 Å². The van der Waals surface area contributed by atoms with Crippen LogP contribution in [0.5, 0.6) is 0 Å². The molecule has 1 aliphatic heterocycles. The summed E-state index contributed by atoms with van der Waals surface area (Å²) in [6, 6.07) is 9.55. The highest BCUT2D eigenvalue weighted by molar-refractivity contribution is 6.28. The Balaban J connectivity index is 2.21. The second kappa shape index (κ2) is 3.75. The van der Waals surface area contributed by atoms with Crippen LogP contribution in [0.15, 0.2) is 40.9 Å². The Kier molecular flexibility index (Phi) is 2.23. The summed E-state index contributed by atoms with van der Waals surface area (Å²) in [5, 5.41) is 0.145. The van der Waals surface area contributed by atoms with E-state index >= 15 is 0 Å². The Morgan fingerprint density at radius 1 is 1.12 bits per heavy atom. The summed E-state index contributed by atoms with van der Waals surface area (Å²) in [6.07, 6.45) is 1.47. The zero-order valence-electron chi connectivity index (χ0n) is 8.72. The normalized spacial score (nSPS) is 10.9. The summed E-state index contributed by atoms with van der Waals surface area (Å²) >= 11 is 5.74. The van der Waals surface area contributed by atoms with E-state index in [9.17, 15) is 0 Å². The van der Waals surface area contributed by atoms with Crippen LogP contribution in [0.25, 0.3) is 22.8 Å². The van der Waals surface area contributed by atoms with Crippen LogP contribution in [0.4, 0.5) is 5.69 Å². The molecule has 0 amide bonds. The molecule has 1 aromatic heterocycles. The van der Waals surface area contributed by atoms with Crippen LogP contribution in [-0.4, -0.2) is 9.97 Å². The van der Waals surface area contributed by atoms with Gasteiger partial charge in [-0.25, -0.2) is 9.97 Å². The van der Waals surface area contributed by atoms with E-state index in [1.165, 1.54) is 6.20 Å². The minimum atomic E-state index is 0.145. The number of rotatable bonds is 1. The largest absolute Gasteiger partial charge is 0.454 e. The van der Waals surface area contributed by atoms with Gasteiger partial charge >= 0.3 is 0 Å². The SMILES string of the molecule is Nc1cnc(Cl)nc1-c1ccc2cccc-2o1. The number of hydrogen-bond donors (Lipinski definition) is 1. The molecular formula is C12H8ClN3O. The lowest BCUT2D eigenvalue weighted by atomic mass is 10.2. The van der Waals surface area contributed by atoms with Gasteiger partial charge in [0.1, 0.15) is 11.5 Å². The number of nitrogens with two attached hydrogens (primary N) is 1. The molecule has 0 spiro atoms. The molecule has 0 fully saturated rings. The van der Waals surface area contributed by atoms with Gasteiger partial charge in [0.15, 0.2) is 5.76 Å². The third-order valence-electron chi connectivity index (χ3n) is 2.46. The molecule has 0 unspecified atom stereocenters. The topological polar surface area (TPSA) is 64.9 Å². The van der Waals surface area contributed by atoms with Crippen molar-refractivity contribution >= 4 is 17.3 Å². The van der Waals surface area contributed by atoms with E-state index in [4.69, 9.17) is 21.8 Å². The fourth-order valence-electron chi connectivity index (χ4n) is 1.66. The van der Waals surface area contributed by atoms with Crippen molar-refractivity contribution in [2.45, 2.75) is 0 Å². The molecule has 3 rings (SSSR count). The van der Waals surface area contributed by atoms with Gasteiger partial charge in [0.25, 0.3) is 0 Å². The Morgan fingerprint density at radius 2 is 2.00 bits per heavy atom. The third kappa shape index (κ3) is 1.72. The van der Waals surface area contributed by atoms with Crippen LogP contribution in [-0.2, 0) is 0 Å². The van der Waals surface area contributed by atoms with E-state index in [1.54, 1.807) is 0 Å². The lowest BCUT2D eigenvalue weighted by Gasteiger charge is -2.06. The van der Waals surface area contributed by atoms with Gasteiger partial charge in [-0.1, -0.05) is 12.1 Å². The molecule has 2 heterocycles. The monoisotopic (exact) mass is 245 g/mol. The van der Waals surface area contributed by atoms with E-state index in [1.807, 2.05) is 30.3 Å². The molecule has 0 saturated carbocycles. The highest BCUT2D eigenvalue weighted by Gasteiger charge is 2.12. The maximum absolute atomic E-state index is 5.80. The Labute approximate surface area is 102 Å². The van der Waals surface area contributed by atoms with E-state index in [2.05, 4.69) is 9.97 Å². The molecule has 17 heavy (non-hydrogen) atoms. The fraction of sp³-hybridized carbons (Fsp3) is 0. The van der Waals surface area contributed by atoms with Gasteiger partial charge in [0.05, 0.1) is 11.9 Å². The van der Waals surface area contributed by atoms with Crippen LogP contribution in [0.3, 0.4) is 0 Å². The molecule has 2 N–H and O–H groups in total. The zero-order chi connectivity index (χ0) is 11.8. The molecule has 0 bridgehead atoms.